The summed E-state index contributed by atoms with van der Waals surface area (Å²) in [5.41, 5.74) is 0.659. The number of rotatable bonds is 7. The molecule has 1 atom stereocenters. The largest absolute Gasteiger partial charge is 0.480 e. The number of hydrogen-bond donors (Lipinski definition) is 3. The topological polar surface area (TPSA) is 95.5 Å². The van der Waals surface area contributed by atoms with Gasteiger partial charge in [0.1, 0.15) is 6.04 Å². The summed E-state index contributed by atoms with van der Waals surface area (Å²) >= 11 is 4.44. The van der Waals surface area contributed by atoms with E-state index in [1.54, 1.807) is 18.2 Å². The molecule has 2 amide bonds. The molecule has 0 spiro atoms. The second-order valence-electron chi connectivity index (χ2n) is 4.16. The van der Waals surface area contributed by atoms with Crippen LogP contribution in [0.3, 0.4) is 0 Å². The molecule has 1 rings (SSSR count). The van der Waals surface area contributed by atoms with E-state index < -0.39 is 17.9 Å². The molecule has 0 saturated heterocycles. The summed E-state index contributed by atoms with van der Waals surface area (Å²) in [7, 11) is 0. The maximum Gasteiger partial charge on any atom is 0.327 e. The maximum absolute atomic E-state index is 11.7. The van der Waals surface area contributed by atoms with Crippen molar-refractivity contribution in [3.63, 3.8) is 0 Å². The SMILES string of the molecule is CC(=O)N[C@@H](CSCC(=O)Nc1cccc(Br)c1)C(=O)O. The first-order valence-electron chi connectivity index (χ1n) is 6.01. The summed E-state index contributed by atoms with van der Waals surface area (Å²) in [4.78, 5) is 33.5. The summed E-state index contributed by atoms with van der Waals surface area (Å²) in [6.45, 7) is 1.25. The van der Waals surface area contributed by atoms with Crippen LogP contribution in [0, 0.1) is 0 Å². The zero-order chi connectivity index (χ0) is 15.8. The highest BCUT2D eigenvalue weighted by Gasteiger charge is 2.18. The van der Waals surface area contributed by atoms with Gasteiger partial charge in [0.05, 0.1) is 5.75 Å². The highest BCUT2D eigenvalue weighted by atomic mass is 79.9. The molecule has 0 aromatic heterocycles. The molecule has 0 saturated carbocycles. The second kappa shape index (κ2) is 8.68. The van der Waals surface area contributed by atoms with E-state index in [0.29, 0.717) is 5.69 Å². The fraction of sp³-hybridized carbons (Fsp3) is 0.308. The van der Waals surface area contributed by atoms with Crippen LogP contribution in [0.4, 0.5) is 5.69 Å². The number of carboxylic acids is 1. The number of carboxylic acid groups (broad SMARTS) is 1. The Morgan fingerprint density at radius 1 is 1.38 bits per heavy atom. The Kier molecular flexibility index (Phi) is 7.24. The van der Waals surface area contributed by atoms with Crippen LogP contribution >= 0.6 is 27.7 Å². The molecule has 6 nitrogen and oxygen atoms in total. The van der Waals surface area contributed by atoms with Gasteiger partial charge in [0.2, 0.25) is 11.8 Å². The average Bonchev–Trinajstić information content (AvgIpc) is 2.36. The lowest BCUT2D eigenvalue weighted by Crippen LogP contribution is -2.41. The van der Waals surface area contributed by atoms with Crippen LogP contribution in [-0.2, 0) is 14.4 Å². The van der Waals surface area contributed by atoms with Gasteiger partial charge in [-0.3, -0.25) is 9.59 Å². The lowest BCUT2D eigenvalue weighted by molar-refractivity contribution is -0.140. The maximum atomic E-state index is 11.7. The molecule has 1 aromatic carbocycles. The van der Waals surface area contributed by atoms with Crippen molar-refractivity contribution in [3.8, 4) is 0 Å². The van der Waals surface area contributed by atoms with Crippen molar-refractivity contribution in [2.24, 2.45) is 0 Å². The van der Waals surface area contributed by atoms with Gasteiger partial charge < -0.3 is 15.7 Å². The minimum Gasteiger partial charge on any atom is -0.480 e. The second-order valence-corrected chi connectivity index (χ2v) is 6.11. The Labute approximate surface area is 134 Å². The monoisotopic (exact) mass is 374 g/mol. The molecule has 0 unspecified atom stereocenters. The zero-order valence-electron chi connectivity index (χ0n) is 11.3. The molecule has 0 radical (unpaired) electrons. The van der Waals surface area contributed by atoms with Crippen molar-refractivity contribution in [2.45, 2.75) is 13.0 Å². The molecule has 3 N–H and O–H groups in total. The number of halogens is 1. The Hall–Kier alpha value is -1.54. The summed E-state index contributed by atoms with van der Waals surface area (Å²) in [6, 6.07) is 6.16. The minimum atomic E-state index is -1.12. The number of amides is 2. The first kappa shape index (κ1) is 17.5. The first-order valence-corrected chi connectivity index (χ1v) is 7.96. The third-order valence-corrected chi connectivity index (χ3v) is 3.83. The number of carbonyl (C=O) groups is 3. The summed E-state index contributed by atoms with van der Waals surface area (Å²) in [6.07, 6.45) is 0. The van der Waals surface area contributed by atoms with Crippen LogP contribution in [0.1, 0.15) is 6.92 Å². The van der Waals surface area contributed by atoms with Crippen molar-refractivity contribution < 1.29 is 19.5 Å². The van der Waals surface area contributed by atoms with Crippen molar-refractivity contribution in [1.82, 2.24) is 5.32 Å². The van der Waals surface area contributed by atoms with Gasteiger partial charge in [-0.25, -0.2) is 4.79 Å². The molecule has 0 fully saturated rings. The van der Waals surface area contributed by atoms with Crippen LogP contribution < -0.4 is 10.6 Å². The number of anilines is 1. The minimum absolute atomic E-state index is 0.107. The van der Waals surface area contributed by atoms with E-state index in [9.17, 15) is 14.4 Å². The quantitative estimate of drug-likeness (QED) is 0.675. The van der Waals surface area contributed by atoms with Crippen LogP contribution in [0.15, 0.2) is 28.7 Å². The van der Waals surface area contributed by atoms with E-state index in [2.05, 4.69) is 26.6 Å². The van der Waals surface area contributed by atoms with Crippen LogP contribution in [-0.4, -0.2) is 40.4 Å². The number of nitrogens with one attached hydrogen (secondary N) is 2. The Morgan fingerprint density at radius 2 is 2.10 bits per heavy atom. The number of thioether (sulfide) groups is 1. The van der Waals surface area contributed by atoms with Crippen LogP contribution in [0.5, 0.6) is 0 Å². The molecule has 0 aliphatic heterocycles. The smallest absolute Gasteiger partial charge is 0.327 e. The Balaban J connectivity index is 2.38. The summed E-state index contributed by atoms with van der Waals surface area (Å²) in [5, 5.41) is 13.9. The lowest BCUT2D eigenvalue weighted by Gasteiger charge is -2.12. The molecule has 0 aliphatic rings. The molecular formula is C13H15BrN2O4S. The van der Waals surface area contributed by atoms with Gasteiger partial charge in [0.15, 0.2) is 0 Å². The standard InChI is InChI=1S/C13H15BrN2O4S/c1-8(17)15-11(13(19)20)6-21-7-12(18)16-10-4-2-3-9(14)5-10/h2-5,11H,6-7H2,1H3,(H,15,17)(H,16,18)(H,19,20)/t11-/m0/s1. The van der Waals surface area contributed by atoms with Crippen molar-refractivity contribution >= 4 is 51.2 Å². The molecular weight excluding hydrogens is 360 g/mol. The predicted octanol–water partition coefficient (Wildman–Crippen LogP) is 1.71. The molecule has 21 heavy (non-hydrogen) atoms. The Bertz CT molecular complexity index is 539. The van der Waals surface area contributed by atoms with Crippen molar-refractivity contribution in [3.05, 3.63) is 28.7 Å². The van der Waals surface area contributed by atoms with Gasteiger partial charge in [0.25, 0.3) is 0 Å². The van der Waals surface area contributed by atoms with E-state index >= 15 is 0 Å². The molecule has 0 aliphatic carbocycles. The number of benzene rings is 1. The number of hydrogen-bond acceptors (Lipinski definition) is 4. The third kappa shape index (κ3) is 7.14. The van der Waals surface area contributed by atoms with Gasteiger partial charge in [-0.15, -0.1) is 11.8 Å². The molecule has 0 heterocycles. The average molecular weight is 375 g/mol. The number of carbonyl (C=O) groups excluding carboxylic acids is 2. The van der Waals surface area contributed by atoms with Crippen LogP contribution in [0.25, 0.3) is 0 Å². The molecule has 0 bridgehead atoms. The van der Waals surface area contributed by atoms with Gasteiger partial charge >= 0.3 is 5.97 Å². The normalized spacial score (nSPS) is 11.5. The summed E-state index contributed by atoms with van der Waals surface area (Å²) in [5.74, 6) is -1.53. The summed E-state index contributed by atoms with van der Waals surface area (Å²) < 4.78 is 0.851. The van der Waals surface area contributed by atoms with E-state index in [4.69, 9.17) is 5.11 Å². The zero-order valence-corrected chi connectivity index (χ0v) is 13.7. The van der Waals surface area contributed by atoms with E-state index in [0.717, 1.165) is 16.2 Å². The molecule has 1 aromatic rings. The highest BCUT2D eigenvalue weighted by Crippen LogP contribution is 2.16. The van der Waals surface area contributed by atoms with Gasteiger partial charge in [-0.1, -0.05) is 22.0 Å². The van der Waals surface area contributed by atoms with Gasteiger partial charge in [0, 0.05) is 22.8 Å². The third-order valence-electron chi connectivity index (χ3n) is 2.30. The number of aliphatic carboxylic acids is 1. The van der Waals surface area contributed by atoms with Crippen molar-refractivity contribution in [1.29, 1.82) is 0 Å². The van der Waals surface area contributed by atoms with Crippen molar-refractivity contribution in [2.75, 3.05) is 16.8 Å². The first-order chi connectivity index (χ1) is 9.88. The molecule has 8 heteroatoms. The Morgan fingerprint density at radius 3 is 2.67 bits per heavy atom. The van der Waals surface area contributed by atoms with Gasteiger partial charge in [-0.05, 0) is 18.2 Å². The highest BCUT2D eigenvalue weighted by molar-refractivity contribution is 9.10. The lowest BCUT2D eigenvalue weighted by atomic mass is 10.3. The fourth-order valence-corrected chi connectivity index (χ4v) is 2.69. The predicted molar refractivity (Wildman–Crippen MR) is 85.3 cm³/mol. The van der Waals surface area contributed by atoms with Gasteiger partial charge in [-0.2, -0.15) is 0 Å². The van der Waals surface area contributed by atoms with E-state index in [-0.39, 0.29) is 17.4 Å². The molecule has 114 valence electrons. The van der Waals surface area contributed by atoms with E-state index in [1.807, 2.05) is 6.07 Å². The van der Waals surface area contributed by atoms with E-state index in [1.165, 1.54) is 6.92 Å². The fourth-order valence-electron chi connectivity index (χ4n) is 1.45. The van der Waals surface area contributed by atoms with Crippen LogP contribution in [0.2, 0.25) is 0 Å².